The van der Waals surface area contributed by atoms with Gasteiger partial charge in [0.25, 0.3) is 0 Å². The third-order valence-electron chi connectivity index (χ3n) is 5.70. The summed E-state index contributed by atoms with van der Waals surface area (Å²) in [6.45, 7) is 4.55. The first-order valence-corrected chi connectivity index (χ1v) is 12.2. The molecule has 0 unspecified atom stereocenters. The van der Waals surface area contributed by atoms with Crippen molar-refractivity contribution in [3.8, 4) is 0 Å². The van der Waals surface area contributed by atoms with Crippen molar-refractivity contribution in [3.05, 3.63) is 107 Å². The van der Waals surface area contributed by atoms with Crippen LogP contribution in [0.1, 0.15) is 47.8 Å². The van der Waals surface area contributed by atoms with E-state index < -0.39 is 30.4 Å². The standard InChI is InChI=1S/C30H33NO6/c1-30(2,3)31(20-27(32)35-21-24-14-8-5-9-15-24)29(34)37-22-36-28(33)26-17-11-10-16-25(26)19-18-23-12-6-4-7-13-23/h4-17H,18-22H2,1-3H3. The molecule has 3 aromatic rings. The van der Waals surface area contributed by atoms with Crippen molar-refractivity contribution >= 4 is 18.0 Å². The lowest BCUT2D eigenvalue weighted by molar-refractivity contribution is -0.147. The molecule has 0 saturated carbocycles. The molecule has 1 amide bonds. The summed E-state index contributed by atoms with van der Waals surface area (Å²) >= 11 is 0. The molecular formula is C30H33NO6. The van der Waals surface area contributed by atoms with Crippen molar-refractivity contribution in [1.82, 2.24) is 4.90 Å². The Morgan fingerprint density at radius 2 is 1.30 bits per heavy atom. The molecule has 0 N–H and O–H groups in total. The lowest BCUT2D eigenvalue weighted by Gasteiger charge is -2.33. The Bertz CT molecular complexity index is 1170. The van der Waals surface area contributed by atoms with E-state index in [0.29, 0.717) is 12.0 Å². The van der Waals surface area contributed by atoms with Gasteiger partial charge in [-0.05, 0) is 56.4 Å². The summed E-state index contributed by atoms with van der Waals surface area (Å²) in [4.78, 5) is 39.1. The highest BCUT2D eigenvalue weighted by Gasteiger charge is 2.30. The van der Waals surface area contributed by atoms with Crippen molar-refractivity contribution in [2.45, 2.75) is 45.8 Å². The highest BCUT2D eigenvalue weighted by atomic mass is 16.7. The van der Waals surface area contributed by atoms with Gasteiger partial charge in [-0.2, -0.15) is 0 Å². The van der Waals surface area contributed by atoms with Crippen LogP contribution in [-0.4, -0.2) is 41.8 Å². The molecule has 194 valence electrons. The van der Waals surface area contributed by atoms with Gasteiger partial charge in [-0.25, -0.2) is 9.59 Å². The van der Waals surface area contributed by atoms with Crippen molar-refractivity contribution < 1.29 is 28.6 Å². The minimum Gasteiger partial charge on any atom is -0.459 e. The van der Waals surface area contributed by atoms with Crippen LogP contribution in [0.25, 0.3) is 0 Å². The van der Waals surface area contributed by atoms with Gasteiger partial charge in [-0.1, -0.05) is 78.9 Å². The summed E-state index contributed by atoms with van der Waals surface area (Å²) in [5.74, 6) is -1.15. The third-order valence-corrected chi connectivity index (χ3v) is 5.70. The molecule has 37 heavy (non-hydrogen) atoms. The Morgan fingerprint density at radius 3 is 1.95 bits per heavy atom. The smallest absolute Gasteiger partial charge is 0.413 e. The van der Waals surface area contributed by atoms with Crippen molar-refractivity contribution in [3.63, 3.8) is 0 Å². The Kier molecular flexibility index (Phi) is 9.84. The van der Waals surface area contributed by atoms with Gasteiger partial charge >= 0.3 is 18.0 Å². The molecule has 0 aliphatic rings. The third kappa shape index (κ3) is 8.79. The van der Waals surface area contributed by atoms with Crippen LogP contribution in [0.3, 0.4) is 0 Å². The first-order chi connectivity index (χ1) is 17.7. The number of benzene rings is 3. The molecule has 0 radical (unpaired) electrons. The second kappa shape index (κ2) is 13.3. The second-order valence-electron chi connectivity index (χ2n) is 9.51. The normalized spacial score (nSPS) is 10.9. The van der Waals surface area contributed by atoms with E-state index in [4.69, 9.17) is 14.2 Å². The first kappa shape index (κ1) is 27.5. The number of carbonyl (C=O) groups excluding carboxylic acids is 3. The van der Waals surface area contributed by atoms with Crippen LogP contribution in [0.4, 0.5) is 4.79 Å². The van der Waals surface area contributed by atoms with Crippen LogP contribution in [0, 0.1) is 0 Å². The summed E-state index contributed by atoms with van der Waals surface area (Å²) in [6.07, 6.45) is 0.660. The van der Waals surface area contributed by atoms with Crippen LogP contribution < -0.4 is 0 Å². The first-order valence-electron chi connectivity index (χ1n) is 12.2. The van der Waals surface area contributed by atoms with Gasteiger partial charge in [0.2, 0.25) is 6.79 Å². The molecule has 3 aromatic carbocycles. The number of hydrogen-bond acceptors (Lipinski definition) is 6. The van der Waals surface area contributed by atoms with E-state index in [1.165, 1.54) is 10.5 Å². The van der Waals surface area contributed by atoms with Crippen LogP contribution in [0.2, 0.25) is 0 Å². The molecule has 0 spiro atoms. The van der Waals surface area contributed by atoms with Crippen molar-refractivity contribution in [1.29, 1.82) is 0 Å². The quantitative estimate of drug-likeness (QED) is 0.266. The van der Waals surface area contributed by atoms with Gasteiger partial charge < -0.3 is 14.2 Å². The second-order valence-corrected chi connectivity index (χ2v) is 9.51. The van der Waals surface area contributed by atoms with E-state index in [2.05, 4.69) is 0 Å². The van der Waals surface area contributed by atoms with Crippen LogP contribution in [-0.2, 0) is 38.5 Å². The molecule has 0 fully saturated rings. The van der Waals surface area contributed by atoms with Gasteiger partial charge in [0.15, 0.2) is 0 Å². The number of rotatable bonds is 10. The molecular weight excluding hydrogens is 470 g/mol. The number of carbonyl (C=O) groups is 3. The van der Waals surface area contributed by atoms with Crippen molar-refractivity contribution in [2.75, 3.05) is 13.3 Å². The van der Waals surface area contributed by atoms with Crippen LogP contribution >= 0.6 is 0 Å². The maximum Gasteiger partial charge on any atom is 0.413 e. The average Bonchev–Trinajstić information content (AvgIpc) is 2.90. The van der Waals surface area contributed by atoms with E-state index in [1.54, 1.807) is 32.9 Å². The summed E-state index contributed by atoms with van der Waals surface area (Å²) < 4.78 is 15.7. The van der Waals surface area contributed by atoms with E-state index in [1.807, 2.05) is 72.8 Å². The SMILES string of the molecule is CC(C)(C)N(CC(=O)OCc1ccccc1)C(=O)OCOC(=O)c1ccccc1CCc1ccccc1. The Labute approximate surface area is 218 Å². The molecule has 7 heteroatoms. The predicted octanol–water partition coefficient (Wildman–Crippen LogP) is 5.57. The van der Waals surface area contributed by atoms with E-state index >= 15 is 0 Å². The highest BCUT2D eigenvalue weighted by molar-refractivity contribution is 5.91. The molecule has 0 aliphatic heterocycles. The Morgan fingerprint density at radius 1 is 0.703 bits per heavy atom. The van der Waals surface area contributed by atoms with Crippen LogP contribution in [0.5, 0.6) is 0 Å². The zero-order valence-electron chi connectivity index (χ0n) is 21.5. The molecule has 7 nitrogen and oxygen atoms in total. The molecule has 0 atom stereocenters. The molecule has 0 bridgehead atoms. The molecule has 0 heterocycles. The molecule has 0 saturated heterocycles. The van der Waals surface area contributed by atoms with E-state index in [9.17, 15) is 14.4 Å². The van der Waals surface area contributed by atoms with Crippen molar-refractivity contribution in [2.24, 2.45) is 0 Å². The predicted molar refractivity (Wildman–Crippen MR) is 140 cm³/mol. The fourth-order valence-corrected chi connectivity index (χ4v) is 3.64. The Balaban J connectivity index is 1.52. The monoisotopic (exact) mass is 503 g/mol. The number of hydrogen-bond donors (Lipinski definition) is 0. The summed E-state index contributed by atoms with van der Waals surface area (Å²) in [5, 5.41) is 0. The summed E-state index contributed by atoms with van der Waals surface area (Å²) in [7, 11) is 0. The minimum absolute atomic E-state index is 0.105. The number of amides is 1. The number of aryl methyl sites for hydroxylation is 2. The van der Waals surface area contributed by atoms with Gasteiger partial charge in [-0.15, -0.1) is 0 Å². The lowest BCUT2D eigenvalue weighted by Crippen LogP contribution is -2.49. The Hall–Kier alpha value is -4.13. The minimum atomic E-state index is -0.783. The maximum absolute atomic E-state index is 12.7. The fourth-order valence-electron chi connectivity index (χ4n) is 3.64. The van der Waals surface area contributed by atoms with Crippen LogP contribution in [0.15, 0.2) is 84.9 Å². The fraction of sp³-hybridized carbons (Fsp3) is 0.300. The molecule has 0 aliphatic carbocycles. The number of esters is 2. The van der Waals surface area contributed by atoms with Gasteiger partial charge in [0.1, 0.15) is 13.2 Å². The maximum atomic E-state index is 12.7. The average molecular weight is 504 g/mol. The lowest BCUT2D eigenvalue weighted by atomic mass is 10.00. The van der Waals surface area contributed by atoms with E-state index in [-0.39, 0.29) is 13.2 Å². The van der Waals surface area contributed by atoms with Gasteiger partial charge in [-0.3, -0.25) is 9.69 Å². The van der Waals surface area contributed by atoms with Gasteiger partial charge in [0, 0.05) is 5.54 Å². The zero-order valence-corrected chi connectivity index (χ0v) is 21.5. The highest BCUT2D eigenvalue weighted by Crippen LogP contribution is 2.17. The summed E-state index contributed by atoms with van der Waals surface area (Å²) in [6, 6.07) is 26.5. The number of nitrogens with zero attached hydrogens (tertiary/aromatic N) is 1. The van der Waals surface area contributed by atoms with E-state index in [0.717, 1.165) is 17.5 Å². The van der Waals surface area contributed by atoms with Gasteiger partial charge in [0.05, 0.1) is 5.56 Å². The topological polar surface area (TPSA) is 82.1 Å². The zero-order chi connectivity index (χ0) is 26.7. The number of ether oxygens (including phenoxy) is 3. The molecule has 0 aromatic heterocycles. The largest absolute Gasteiger partial charge is 0.459 e. The summed E-state index contributed by atoms with van der Waals surface area (Å²) in [5.41, 5.74) is 2.56. The molecule has 3 rings (SSSR count).